The van der Waals surface area contributed by atoms with E-state index in [0.717, 1.165) is 44.9 Å². The van der Waals surface area contributed by atoms with Crippen molar-refractivity contribution in [2.75, 3.05) is 37.6 Å². The molecule has 1 amide bonds. The first-order valence-electron chi connectivity index (χ1n) is 9.34. The number of carbonyl (C=O) groups is 1. The second kappa shape index (κ2) is 8.32. The Morgan fingerprint density at radius 1 is 1.36 bits per heavy atom. The number of carbonyl (C=O) groups excluding carboxylic acids is 1. The first kappa shape index (κ1) is 18.4. The quantitative estimate of drug-likeness (QED) is 0.869. The van der Waals surface area contributed by atoms with Crippen molar-refractivity contribution in [1.29, 1.82) is 0 Å². The van der Waals surface area contributed by atoms with Gasteiger partial charge in [0.05, 0.1) is 11.2 Å². The number of hydrogen-bond acceptors (Lipinski definition) is 5. The van der Waals surface area contributed by atoms with Crippen LogP contribution in [0.5, 0.6) is 0 Å². The maximum atomic E-state index is 12.6. The Kier molecular flexibility index (Phi) is 6.12. The second-order valence-electron chi connectivity index (χ2n) is 7.36. The fourth-order valence-electron chi connectivity index (χ4n) is 3.67. The Labute approximate surface area is 155 Å². The molecule has 6 nitrogen and oxygen atoms in total. The molecule has 1 N–H and O–H groups in total. The van der Waals surface area contributed by atoms with Gasteiger partial charge in [0.1, 0.15) is 0 Å². The third-order valence-corrected chi connectivity index (χ3v) is 5.48. The third-order valence-electron chi connectivity index (χ3n) is 5.21. The molecule has 2 atom stereocenters. The van der Waals surface area contributed by atoms with E-state index in [9.17, 15) is 4.79 Å². The van der Waals surface area contributed by atoms with Gasteiger partial charge >= 0.3 is 0 Å². The minimum absolute atomic E-state index is 0.218. The second-order valence-corrected chi connectivity index (χ2v) is 7.77. The molecule has 3 heterocycles. The largest absolute Gasteiger partial charge is 0.349 e. The van der Waals surface area contributed by atoms with Crippen LogP contribution < -0.4 is 10.2 Å². The van der Waals surface area contributed by atoms with Crippen molar-refractivity contribution in [1.82, 2.24) is 20.2 Å². The number of piperidine rings is 1. The van der Waals surface area contributed by atoms with Gasteiger partial charge in [-0.2, -0.15) is 0 Å². The van der Waals surface area contributed by atoms with Crippen LogP contribution in [0, 0.1) is 5.92 Å². The summed E-state index contributed by atoms with van der Waals surface area (Å²) >= 11 is 6.17. The maximum absolute atomic E-state index is 12.6. The van der Waals surface area contributed by atoms with Crippen LogP contribution >= 0.6 is 11.6 Å². The number of rotatable bonds is 5. The fraction of sp³-hybridized carbons (Fsp3) is 0.722. The Hall–Kier alpha value is -1.40. The molecule has 25 heavy (non-hydrogen) atoms. The average Bonchev–Trinajstić information content (AvgIpc) is 3.14. The van der Waals surface area contributed by atoms with Crippen molar-refractivity contribution < 1.29 is 4.79 Å². The van der Waals surface area contributed by atoms with Gasteiger partial charge in [0.25, 0.3) is 5.91 Å². The van der Waals surface area contributed by atoms with Crippen molar-refractivity contribution in [2.45, 2.75) is 45.6 Å². The summed E-state index contributed by atoms with van der Waals surface area (Å²) in [4.78, 5) is 25.8. The highest BCUT2D eigenvalue weighted by Gasteiger charge is 2.23. The molecular weight excluding hydrogens is 338 g/mol. The van der Waals surface area contributed by atoms with Crippen molar-refractivity contribution in [3.8, 4) is 0 Å². The highest BCUT2D eigenvalue weighted by atomic mass is 35.5. The molecule has 0 aliphatic carbocycles. The topological polar surface area (TPSA) is 61.4 Å². The molecular formula is C18H28ClN5O. The number of anilines is 1. The molecule has 0 spiro atoms. The Morgan fingerprint density at radius 2 is 2.12 bits per heavy atom. The van der Waals surface area contributed by atoms with Gasteiger partial charge in [-0.3, -0.25) is 9.69 Å². The lowest BCUT2D eigenvalue weighted by molar-refractivity contribution is 0.0913. The number of nitrogens with zero attached hydrogens (tertiary/aromatic N) is 4. The number of aromatic nitrogens is 2. The summed E-state index contributed by atoms with van der Waals surface area (Å²) < 4.78 is 0. The molecule has 3 rings (SSSR count). The van der Waals surface area contributed by atoms with E-state index in [1.807, 2.05) is 0 Å². The summed E-state index contributed by atoms with van der Waals surface area (Å²) in [6.07, 6.45) is 6.34. The Bertz CT molecular complexity index is 605. The average molecular weight is 366 g/mol. The van der Waals surface area contributed by atoms with Crippen LogP contribution in [-0.4, -0.2) is 59.5 Å². The van der Waals surface area contributed by atoms with Crippen LogP contribution in [0.15, 0.2) is 6.20 Å². The van der Waals surface area contributed by atoms with Crippen molar-refractivity contribution >= 4 is 23.5 Å². The summed E-state index contributed by atoms with van der Waals surface area (Å²) in [5.41, 5.74) is 0.276. The van der Waals surface area contributed by atoms with Gasteiger partial charge in [-0.05, 0) is 45.1 Å². The fourth-order valence-corrected chi connectivity index (χ4v) is 3.84. The van der Waals surface area contributed by atoms with E-state index in [2.05, 4.69) is 38.9 Å². The zero-order chi connectivity index (χ0) is 17.8. The smallest absolute Gasteiger partial charge is 0.271 e. The van der Waals surface area contributed by atoms with Gasteiger partial charge in [-0.25, -0.2) is 9.97 Å². The van der Waals surface area contributed by atoms with Gasteiger partial charge in [0.15, 0.2) is 5.69 Å². The zero-order valence-electron chi connectivity index (χ0n) is 15.2. The van der Waals surface area contributed by atoms with Gasteiger partial charge in [-0.15, -0.1) is 0 Å². The van der Waals surface area contributed by atoms with E-state index in [1.165, 1.54) is 19.0 Å². The van der Waals surface area contributed by atoms with E-state index < -0.39 is 0 Å². The van der Waals surface area contributed by atoms with E-state index >= 15 is 0 Å². The highest BCUT2D eigenvalue weighted by Crippen LogP contribution is 2.20. The van der Waals surface area contributed by atoms with Crippen LogP contribution in [0.2, 0.25) is 5.02 Å². The monoisotopic (exact) mass is 365 g/mol. The summed E-state index contributed by atoms with van der Waals surface area (Å²) in [5, 5.41) is 3.30. The van der Waals surface area contributed by atoms with Crippen LogP contribution in [0.4, 0.5) is 5.95 Å². The Balaban J connectivity index is 1.59. The van der Waals surface area contributed by atoms with E-state index in [0.29, 0.717) is 23.6 Å². The molecule has 2 aliphatic rings. The van der Waals surface area contributed by atoms with Gasteiger partial charge in [0, 0.05) is 32.2 Å². The van der Waals surface area contributed by atoms with Gasteiger partial charge in [0.2, 0.25) is 5.95 Å². The molecule has 0 bridgehead atoms. The van der Waals surface area contributed by atoms with Gasteiger partial charge < -0.3 is 10.2 Å². The number of amides is 1. The summed E-state index contributed by atoms with van der Waals surface area (Å²) in [7, 11) is 0. The SMILES string of the molecule is CC1CCCN(C(C)CNC(=O)c2nc(N3CCCC3)ncc2Cl)C1. The molecule has 1 aromatic heterocycles. The molecule has 138 valence electrons. The number of likely N-dealkylation sites (tertiary alicyclic amines) is 1. The molecule has 2 aliphatic heterocycles. The molecule has 1 aromatic rings. The maximum Gasteiger partial charge on any atom is 0.271 e. The number of halogens is 1. The zero-order valence-corrected chi connectivity index (χ0v) is 15.9. The van der Waals surface area contributed by atoms with Crippen molar-refractivity contribution in [3.63, 3.8) is 0 Å². The van der Waals surface area contributed by atoms with Crippen molar-refractivity contribution in [3.05, 3.63) is 16.9 Å². The number of hydrogen-bond donors (Lipinski definition) is 1. The summed E-state index contributed by atoms with van der Waals surface area (Å²) in [5.74, 6) is 1.11. The minimum atomic E-state index is -0.218. The normalized spacial score (nSPS) is 22.8. The molecule has 0 aromatic carbocycles. The number of nitrogens with one attached hydrogen (secondary N) is 1. The van der Waals surface area contributed by atoms with E-state index in [1.54, 1.807) is 0 Å². The Morgan fingerprint density at radius 3 is 2.84 bits per heavy atom. The predicted molar refractivity (Wildman–Crippen MR) is 100 cm³/mol. The van der Waals surface area contributed by atoms with Crippen LogP contribution in [0.25, 0.3) is 0 Å². The van der Waals surface area contributed by atoms with E-state index in [-0.39, 0.29) is 11.6 Å². The third kappa shape index (κ3) is 4.61. The molecule has 2 fully saturated rings. The minimum Gasteiger partial charge on any atom is -0.349 e. The van der Waals surface area contributed by atoms with Crippen LogP contribution in [-0.2, 0) is 0 Å². The standard InChI is InChI=1S/C18H28ClN5O/c1-13-6-5-9-24(12-13)14(2)10-20-17(25)16-15(19)11-21-18(22-16)23-7-3-4-8-23/h11,13-14H,3-10,12H2,1-2H3,(H,20,25). The summed E-state index contributed by atoms with van der Waals surface area (Å²) in [6.45, 7) is 9.14. The molecule has 2 saturated heterocycles. The highest BCUT2D eigenvalue weighted by molar-refractivity contribution is 6.33. The first-order valence-corrected chi connectivity index (χ1v) is 9.72. The lowest BCUT2D eigenvalue weighted by Crippen LogP contribution is -2.46. The lowest BCUT2D eigenvalue weighted by Gasteiger charge is -2.35. The molecule has 7 heteroatoms. The van der Waals surface area contributed by atoms with Crippen LogP contribution in [0.3, 0.4) is 0 Å². The molecule has 0 radical (unpaired) electrons. The first-order chi connectivity index (χ1) is 12.0. The van der Waals surface area contributed by atoms with E-state index in [4.69, 9.17) is 11.6 Å². The summed E-state index contributed by atoms with van der Waals surface area (Å²) in [6, 6.07) is 0.311. The predicted octanol–water partition coefficient (Wildman–Crippen LogP) is 2.58. The lowest BCUT2D eigenvalue weighted by atomic mass is 9.99. The molecule has 0 saturated carbocycles. The van der Waals surface area contributed by atoms with Crippen LogP contribution in [0.1, 0.15) is 50.0 Å². The van der Waals surface area contributed by atoms with Gasteiger partial charge in [-0.1, -0.05) is 18.5 Å². The van der Waals surface area contributed by atoms with Crippen molar-refractivity contribution in [2.24, 2.45) is 5.92 Å². The molecule has 2 unspecified atom stereocenters.